The van der Waals surface area contributed by atoms with Crippen LogP contribution in [0.2, 0.25) is 0 Å². The fourth-order valence-corrected chi connectivity index (χ4v) is 5.04. The highest BCUT2D eigenvalue weighted by Gasteiger charge is 2.47. The molecule has 1 aromatic rings. The van der Waals surface area contributed by atoms with Crippen LogP contribution in [-0.4, -0.2) is 53.2 Å². The minimum absolute atomic E-state index is 0.0622. The Labute approximate surface area is 172 Å². The number of hydrogen-bond acceptors (Lipinski definition) is 4. The largest absolute Gasteiger partial charge is 0.354 e. The first-order valence-electron chi connectivity index (χ1n) is 11.0. The summed E-state index contributed by atoms with van der Waals surface area (Å²) in [6.07, 6.45) is 4.89. The van der Waals surface area contributed by atoms with Gasteiger partial charge in [0.15, 0.2) is 0 Å². The monoisotopic (exact) mass is 397 g/mol. The fraction of sp³-hybridized carbons (Fsp3) is 0.609. The number of imide groups is 1. The van der Waals surface area contributed by atoms with E-state index in [2.05, 4.69) is 41.4 Å². The summed E-state index contributed by atoms with van der Waals surface area (Å²) >= 11 is 0. The molecule has 4 rings (SSSR count). The number of nitrogens with zero attached hydrogens (tertiary/aromatic N) is 2. The van der Waals surface area contributed by atoms with E-state index in [1.54, 1.807) is 0 Å². The first-order chi connectivity index (χ1) is 14.0. The molecule has 2 heterocycles. The van der Waals surface area contributed by atoms with E-state index in [0.717, 1.165) is 45.2 Å². The van der Waals surface area contributed by atoms with Crippen LogP contribution in [0.1, 0.15) is 50.2 Å². The molecule has 6 nitrogen and oxygen atoms in total. The van der Waals surface area contributed by atoms with Crippen molar-refractivity contribution in [2.75, 3.05) is 19.6 Å². The van der Waals surface area contributed by atoms with Gasteiger partial charge in [-0.2, -0.15) is 0 Å². The van der Waals surface area contributed by atoms with Crippen LogP contribution in [0.3, 0.4) is 0 Å². The summed E-state index contributed by atoms with van der Waals surface area (Å²) in [4.78, 5) is 41.1. The summed E-state index contributed by atoms with van der Waals surface area (Å²) in [5, 5.41) is 2.99. The number of carbonyl (C=O) groups excluding carboxylic acids is 3. The highest BCUT2D eigenvalue weighted by atomic mass is 16.2. The quantitative estimate of drug-likeness (QED) is 0.747. The molecular weight excluding hydrogens is 366 g/mol. The van der Waals surface area contributed by atoms with Crippen molar-refractivity contribution in [3.63, 3.8) is 0 Å². The molecule has 0 spiro atoms. The second kappa shape index (κ2) is 8.66. The van der Waals surface area contributed by atoms with E-state index < -0.39 is 0 Å². The van der Waals surface area contributed by atoms with Gasteiger partial charge in [0.05, 0.1) is 11.8 Å². The van der Waals surface area contributed by atoms with E-state index in [0.29, 0.717) is 6.54 Å². The first kappa shape index (κ1) is 20.1. The molecule has 0 aromatic heterocycles. The zero-order valence-electron chi connectivity index (χ0n) is 17.2. The van der Waals surface area contributed by atoms with Crippen molar-refractivity contribution in [1.29, 1.82) is 0 Å². The van der Waals surface area contributed by atoms with Gasteiger partial charge in [-0.15, -0.1) is 0 Å². The van der Waals surface area contributed by atoms with Crippen molar-refractivity contribution in [2.45, 2.75) is 58.0 Å². The van der Waals surface area contributed by atoms with Gasteiger partial charge < -0.3 is 5.32 Å². The summed E-state index contributed by atoms with van der Waals surface area (Å²) in [5.41, 5.74) is 2.78. The third kappa shape index (κ3) is 4.22. The number of carbonyl (C=O) groups is 3. The van der Waals surface area contributed by atoms with Crippen molar-refractivity contribution >= 4 is 17.7 Å². The average molecular weight is 398 g/mol. The van der Waals surface area contributed by atoms with E-state index in [1.165, 1.54) is 16.0 Å². The van der Waals surface area contributed by atoms with Crippen molar-refractivity contribution in [1.82, 2.24) is 15.1 Å². The lowest BCUT2D eigenvalue weighted by Gasteiger charge is -2.33. The van der Waals surface area contributed by atoms with Crippen LogP contribution in [0.25, 0.3) is 0 Å². The molecule has 2 fully saturated rings. The van der Waals surface area contributed by atoms with Crippen LogP contribution in [0.4, 0.5) is 0 Å². The maximum atomic E-state index is 12.5. The summed E-state index contributed by atoms with van der Waals surface area (Å²) in [7, 11) is 0. The predicted molar refractivity (Wildman–Crippen MR) is 110 cm³/mol. The molecular formula is C23H31N3O3. The molecule has 1 saturated carbocycles. The summed E-state index contributed by atoms with van der Waals surface area (Å²) in [6.45, 7) is 4.82. The van der Waals surface area contributed by atoms with Crippen LogP contribution >= 0.6 is 0 Å². The zero-order valence-corrected chi connectivity index (χ0v) is 17.2. The number of likely N-dealkylation sites (tertiary alicyclic amines) is 1. The van der Waals surface area contributed by atoms with E-state index in [-0.39, 0.29) is 48.6 Å². The van der Waals surface area contributed by atoms with Gasteiger partial charge in [0.1, 0.15) is 0 Å². The molecule has 0 bridgehead atoms. The number of hydrogen-bond donors (Lipinski definition) is 1. The molecule has 29 heavy (non-hydrogen) atoms. The molecule has 3 atom stereocenters. The summed E-state index contributed by atoms with van der Waals surface area (Å²) < 4.78 is 0. The van der Waals surface area contributed by atoms with Crippen molar-refractivity contribution < 1.29 is 14.4 Å². The lowest BCUT2D eigenvalue weighted by molar-refractivity contribution is -0.140. The number of nitrogens with one attached hydrogen (secondary N) is 1. The molecule has 1 aliphatic carbocycles. The van der Waals surface area contributed by atoms with Gasteiger partial charge in [-0.1, -0.05) is 37.1 Å². The summed E-state index contributed by atoms with van der Waals surface area (Å²) in [6, 6.07) is 8.77. The van der Waals surface area contributed by atoms with Crippen molar-refractivity contribution in [3.8, 4) is 0 Å². The molecule has 0 radical (unpaired) electrons. The number of benzene rings is 1. The molecule has 3 aliphatic rings. The molecule has 1 aromatic carbocycles. The van der Waals surface area contributed by atoms with Crippen LogP contribution in [0, 0.1) is 11.8 Å². The third-order valence-electron chi connectivity index (χ3n) is 6.87. The van der Waals surface area contributed by atoms with Crippen molar-refractivity contribution in [3.05, 3.63) is 35.4 Å². The van der Waals surface area contributed by atoms with Gasteiger partial charge in [-0.3, -0.25) is 24.2 Å². The minimum atomic E-state index is -0.138. The van der Waals surface area contributed by atoms with Gasteiger partial charge >= 0.3 is 0 Å². The Morgan fingerprint density at radius 1 is 1.10 bits per heavy atom. The third-order valence-corrected chi connectivity index (χ3v) is 6.87. The van der Waals surface area contributed by atoms with E-state index in [4.69, 9.17) is 0 Å². The lowest BCUT2D eigenvalue weighted by Crippen LogP contribution is -2.45. The molecule has 156 valence electrons. The predicted octanol–water partition coefficient (Wildman–Crippen LogP) is 2.11. The molecule has 1 N–H and O–H groups in total. The number of amides is 3. The number of fused-ring (bicyclic) bond motifs is 2. The van der Waals surface area contributed by atoms with E-state index >= 15 is 0 Å². The topological polar surface area (TPSA) is 69.7 Å². The Bertz CT molecular complexity index is 769. The van der Waals surface area contributed by atoms with Crippen LogP contribution < -0.4 is 5.32 Å². The van der Waals surface area contributed by atoms with Crippen LogP contribution in [-0.2, 0) is 27.3 Å². The maximum absolute atomic E-state index is 12.5. The minimum Gasteiger partial charge on any atom is -0.354 e. The standard InChI is InChI=1S/C23H31N3O3/c1-16(25-12-10-17-6-2-3-7-18(17)15-25)14-24-21(27)11-13-26-22(28)19-8-4-5-9-20(19)23(26)29/h2-3,6-7,16,19-20H,4-5,8-15H2,1H3,(H,24,27). The van der Waals surface area contributed by atoms with Gasteiger partial charge in [0.2, 0.25) is 17.7 Å². The SMILES string of the molecule is CC(CNC(=O)CCN1C(=O)C2CCCCC2C1=O)N1CCc2ccccc2C1. The number of rotatable bonds is 6. The maximum Gasteiger partial charge on any atom is 0.233 e. The molecule has 2 aliphatic heterocycles. The van der Waals surface area contributed by atoms with Gasteiger partial charge in [0.25, 0.3) is 0 Å². The second-order valence-corrected chi connectivity index (χ2v) is 8.72. The van der Waals surface area contributed by atoms with Gasteiger partial charge in [-0.25, -0.2) is 0 Å². The van der Waals surface area contributed by atoms with Crippen molar-refractivity contribution in [2.24, 2.45) is 11.8 Å². The Kier molecular flexibility index (Phi) is 5.99. The fourth-order valence-electron chi connectivity index (χ4n) is 5.04. The first-order valence-corrected chi connectivity index (χ1v) is 11.0. The summed E-state index contributed by atoms with van der Waals surface area (Å²) in [5.74, 6) is -0.493. The van der Waals surface area contributed by atoms with E-state index in [1.807, 2.05) is 0 Å². The average Bonchev–Trinajstić information content (AvgIpc) is 3.00. The molecule has 3 unspecified atom stereocenters. The van der Waals surface area contributed by atoms with Gasteiger partial charge in [-0.05, 0) is 37.3 Å². The Morgan fingerprint density at radius 2 is 1.76 bits per heavy atom. The van der Waals surface area contributed by atoms with Gasteiger partial charge in [0, 0.05) is 38.6 Å². The van der Waals surface area contributed by atoms with Crippen LogP contribution in [0.15, 0.2) is 24.3 Å². The Morgan fingerprint density at radius 3 is 2.45 bits per heavy atom. The highest BCUT2D eigenvalue weighted by Crippen LogP contribution is 2.37. The molecule has 6 heteroatoms. The molecule has 1 saturated heterocycles. The zero-order chi connectivity index (χ0) is 20.4. The second-order valence-electron chi connectivity index (χ2n) is 8.72. The normalized spacial score (nSPS) is 25.5. The molecule has 3 amide bonds. The van der Waals surface area contributed by atoms with Crippen LogP contribution in [0.5, 0.6) is 0 Å². The van der Waals surface area contributed by atoms with E-state index in [9.17, 15) is 14.4 Å². The smallest absolute Gasteiger partial charge is 0.233 e. The Hall–Kier alpha value is -2.21. The highest BCUT2D eigenvalue weighted by molar-refractivity contribution is 6.05. The lowest BCUT2D eigenvalue weighted by atomic mass is 9.81. The Balaban J connectivity index is 1.22.